The Morgan fingerprint density at radius 1 is 1.19 bits per heavy atom. The van der Waals surface area contributed by atoms with E-state index in [1.807, 2.05) is 30.3 Å². The van der Waals surface area contributed by atoms with Crippen molar-refractivity contribution in [3.63, 3.8) is 0 Å². The van der Waals surface area contributed by atoms with Crippen LogP contribution in [0, 0.1) is 11.6 Å². The van der Waals surface area contributed by atoms with E-state index in [-0.39, 0.29) is 12.2 Å². The van der Waals surface area contributed by atoms with Crippen molar-refractivity contribution >= 4 is 5.78 Å². The van der Waals surface area contributed by atoms with Crippen LogP contribution in [0.1, 0.15) is 33.7 Å². The van der Waals surface area contributed by atoms with Crippen LogP contribution in [0.2, 0.25) is 0 Å². The average molecular weight is 370 g/mol. The summed E-state index contributed by atoms with van der Waals surface area (Å²) in [6.45, 7) is 0.624. The summed E-state index contributed by atoms with van der Waals surface area (Å²) in [7, 11) is 0. The molecule has 0 fully saturated rings. The van der Waals surface area contributed by atoms with Gasteiger partial charge in [0.25, 0.3) is 0 Å². The van der Waals surface area contributed by atoms with E-state index in [4.69, 9.17) is 9.15 Å². The summed E-state index contributed by atoms with van der Waals surface area (Å²) in [5.41, 5.74) is 0.590. The fourth-order valence-corrected chi connectivity index (χ4v) is 3.04. The quantitative estimate of drug-likeness (QED) is 0.695. The SMILES string of the molecule is O=C(c1cc(F)cc(F)c1)C1NCCc2nc(COc3ccccc3)oc21. The highest BCUT2D eigenvalue weighted by molar-refractivity contribution is 6.00. The van der Waals surface area contributed by atoms with Crippen molar-refractivity contribution in [2.45, 2.75) is 19.1 Å². The highest BCUT2D eigenvalue weighted by atomic mass is 19.1. The minimum atomic E-state index is -0.840. The maximum Gasteiger partial charge on any atom is 0.232 e. The van der Waals surface area contributed by atoms with Gasteiger partial charge >= 0.3 is 0 Å². The van der Waals surface area contributed by atoms with Gasteiger partial charge < -0.3 is 14.5 Å². The lowest BCUT2D eigenvalue weighted by molar-refractivity contribution is 0.0923. The van der Waals surface area contributed by atoms with Crippen molar-refractivity contribution < 1.29 is 22.7 Å². The van der Waals surface area contributed by atoms with Crippen LogP contribution >= 0.6 is 0 Å². The molecular weight excluding hydrogens is 354 g/mol. The normalized spacial score (nSPS) is 16.0. The molecule has 5 nitrogen and oxygen atoms in total. The molecule has 0 saturated heterocycles. The van der Waals surface area contributed by atoms with Crippen LogP contribution in [0.15, 0.2) is 52.9 Å². The number of nitrogens with zero attached hydrogens (tertiary/aromatic N) is 1. The number of para-hydroxylation sites is 1. The molecule has 1 aromatic heterocycles. The number of ketones is 1. The molecule has 0 radical (unpaired) electrons. The van der Waals surface area contributed by atoms with Crippen molar-refractivity contribution in [3.8, 4) is 5.75 Å². The van der Waals surface area contributed by atoms with Gasteiger partial charge in [-0.15, -0.1) is 0 Å². The number of fused-ring (bicyclic) bond motifs is 1. The van der Waals surface area contributed by atoms with E-state index in [2.05, 4.69) is 10.3 Å². The standard InChI is InChI=1S/C20H16F2N2O3/c21-13-8-12(9-14(22)10-13)19(25)18-20-16(6-7-23-18)24-17(27-20)11-26-15-4-2-1-3-5-15/h1-5,8-10,18,23H,6-7,11H2. The maximum absolute atomic E-state index is 13.5. The van der Waals surface area contributed by atoms with E-state index in [0.29, 0.717) is 36.1 Å². The van der Waals surface area contributed by atoms with Gasteiger partial charge in [-0.05, 0) is 24.3 Å². The highest BCUT2D eigenvalue weighted by Gasteiger charge is 2.32. The summed E-state index contributed by atoms with van der Waals surface area (Å²) in [4.78, 5) is 17.1. The molecule has 4 rings (SSSR count). The van der Waals surface area contributed by atoms with Crippen LogP contribution in [-0.4, -0.2) is 17.3 Å². The van der Waals surface area contributed by atoms with Crippen molar-refractivity contribution in [1.82, 2.24) is 10.3 Å². The van der Waals surface area contributed by atoms with Gasteiger partial charge in [0.2, 0.25) is 5.89 Å². The molecular formula is C20H16F2N2O3. The van der Waals surface area contributed by atoms with E-state index in [0.717, 1.165) is 18.2 Å². The molecule has 7 heteroatoms. The Balaban J connectivity index is 1.56. The van der Waals surface area contributed by atoms with Crippen molar-refractivity contribution in [2.75, 3.05) is 6.54 Å². The lowest BCUT2D eigenvalue weighted by Crippen LogP contribution is -2.34. The highest BCUT2D eigenvalue weighted by Crippen LogP contribution is 2.28. The minimum absolute atomic E-state index is 0.0589. The van der Waals surface area contributed by atoms with Crippen molar-refractivity contribution in [2.24, 2.45) is 0 Å². The Morgan fingerprint density at radius 3 is 2.67 bits per heavy atom. The third-order valence-electron chi connectivity index (χ3n) is 4.26. The number of hydrogen-bond acceptors (Lipinski definition) is 5. The molecule has 0 saturated carbocycles. The first kappa shape index (κ1) is 17.4. The second-order valence-electron chi connectivity index (χ2n) is 6.18. The summed E-state index contributed by atoms with van der Waals surface area (Å²) >= 11 is 0. The summed E-state index contributed by atoms with van der Waals surface area (Å²) in [6.07, 6.45) is 0.589. The lowest BCUT2D eigenvalue weighted by atomic mass is 9.97. The molecule has 1 N–H and O–H groups in total. The molecule has 27 heavy (non-hydrogen) atoms. The molecule has 1 unspecified atom stereocenters. The topological polar surface area (TPSA) is 64.4 Å². The predicted molar refractivity (Wildman–Crippen MR) is 92.4 cm³/mol. The first-order valence-electron chi connectivity index (χ1n) is 8.50. The zero-order valence-electron chi connectivity index (χ0n) is 14.2. The fourth-order valence-electron chi connectivity index (χ4n) is 3.04. The van der Waals surface area contributed by atoms with Gasteiger partial charge in [0.05, 0.1) is 5.69 Å². The number of nitrogens with one attached hydrogen (secondary N) is 1. The van der Waals surface area contributed by atoms with E-state index in [1.54, 1.807) is 0 Å². The summed E-state index contributed by atoms with van der Waals surface area (Å²) in [6, 6.07) is 11.1. The number of hydrogen-bond donors (Lipinski definition) is 1. The zero-order valence-corrected chi connectivity index (χ0v) is 14.2. The Hall–Kier alpha value is -3.06. The predicted octanol–water partition coefficient (Wildman–Crippen LogP) is 3.60. The van der Waals surface area contributed by atoms with Gasteiger partial charge in [-0.3, -0.25) is 4.79 Å². The van der Waals surface area contributed by atoms with Gasteiger partial charge in [-0.2, -0.15) is 0 Å². The Morgan fingerprint density at radius 2 is 1.93 bits per heavy atom. The van der Waals surface area contributed by atoms with Crippen LogP contribution in [0.3, 0.4) is 0 Å². The molecule has 2 heterocycles. The first-order valence-corrected chi connectivity index (χ1v) is 8.50. The van der Waals surface area contributed by atoms with E-state index in [1.165, 1.54) is 0 Å². The third-order valence-corrected chi connectivity index (χ3v) is 4.26. The molecule has 0 spiro atoms. The van der Waals surface area contributed by atoms with E-state index in [9.17, 15) is 13.6 Å². The summed E-state index contributed by atoms with van der Waals surface area (Å²) in [5, 5.41) is 3.03. The smallest absolute Gasteiger partial charge is 0.232 e. The Bertz CT molecular complexity index is 952. The summed E-state index contributed by atoms with van der Waals surface area (Å²) < 4.78 is 38.3. The number of carbonyl (C=O) groups is 1. The first-order chi connectivity index (χ1) is 13.1. The zero-order chi connectivity index (χ0) is 18.8. The number of rotatable bonds is 5. The van der Waals surface area contributed by atoms with Gasteiger partial charge in [-0.1, -0.05) is 18.2 Å². The molecule has 1 aliphatic rings. The third kappa shape index (κ3) is 3.73. The van der Waals surface area contributed by atoms with Gasteiger partial charge in [0, 0.05) is 24.6 Å². The average Bonchev–Trinajstić information content (AvgIpc) is 3.09. The maximum atomic E-state index is 13.5. The molecule has 3 aromatic rings. The van der Waals surface area contributed by atoms with Crippen LogP contribution in [0.5, 0.6) is 5.75 Å². The number of aromatic nitrogens is 1. The number of halogens is 2. The van der Waals surface area contributed by atoms with Crippen LogP contribution in [0.4, 0.5) is 8.78 Å². The van der Waals surface area contributed by atoms with Crippen molar-refractivity contribution in [3.05, 3.63) is 83.1 Å². The van der Waals surface area contributed by atoms with Crippen molar-refractivity contribution in [1.29, 1.82) is 0 Å². The van der Waals surface area contributed by atoms with Gasteiger partial charge in [-0.25, -0.2) is 13.8 Å². The van der Waals surface area contributed by atoms with E-state index < -0.39 is 23.5 Å². The number of Topliss-reactive ketones (excluding diaryl/α,β-unsaturated/α-hetero) is 1. The molecule has 1 aliphatic heterocycles. The Kier molecular flexibility index (Phi) is 4.68. The molecule has 0 aliphatic carbocycles. The lowest BCUT2D eigenvalue weighted by Gasteiger charge is -2.20. The van der Waals surface area contributed by atoms with Crippen LogP contribution in [-0.2, 0) is 13.0 Å². The molecule has 138 valence electrons. The fraction of sp³-hybridized carbons (Fsp3) is 0.200. The number of carbonyl (C=O) groups excluding carboxylic acids is 1. The van der Waals surface area contributed by atoms with Crippen LogP contribution in [0.25, 0.3) is 0 Å². The second-order valence-corrected chi connectivity index (χ2v) is 6.18. The second kappa shape index (κ2) is 7.28. The molecule has 0 bridgehead atoms. The monoisotopic (exact) mass is 370 g/mol. The minimum Gasteiger partial charge on any atom is -0.484 e. The van der Waals surface area contributed by atoms with Crippen LogP contribution < -0.4 is 10.1 Å². The number of ether oxygens (including phenoxy) is 1. The summed E-state index contributed by atoms with van der Waals surface area (Å²) in [5.74, 6) is -0.693. The molecule has 0 amide bonds. The van der Waals surface area contributed by atoms with Gasteiger partial charge in [0.15, 0.2) is 18.2 Å². The molecule has 1 atom stereocenters. The Labute approximate surface area is 154 Å². The largest absolute Gasteiger partial charge is 0.484 e. The number of benzene rings is 2. The molecule has 2 aromatic carbocycles. The number of oxazole rings is 1. The van der Waals surface area contributed by atoms with Gasteiger partial charge in [0.1, 0.15) is 23.4 Å². The van der Waals surface area contributed by atoms with E-state index >= 15 is 0 Å².